The van der Waals surface area contributed by atoms with Crippen LogP contribution in [0.4, 0.5) is 123 Å². The highest BCUT2D eigenvalue weighted by atomic mass is 28.3. The standard InChI is InChI=1S/C40BF28.C6H16Si/c42-13-1-5(25(54)37(66)33(62)21(1)50)17(46)29(58)9(13)41(10-14(43)2-6(18(47)30(10)59)26(55)38(67)34(63)22(2)51,11-15(44)3-7(19(48)31(11)60)27(56)39(68)35(64)23(3)52)12-16(45)4-8(20(49)32(12)61)28(57)40(69)36(65)24(4)53;1-4-7(5-2)6-3/h;7H,4-6H2,1-3H3/q-1;. The largest absolute Gasteiger partial charge is 0.210 e. The molecule has 0 bridgehead atoms. The van der Waals surface area contributed by atoms with Gasteiger partial charge in [-0.05, 0) is 0 Å². The summed E-state index contributed by atoms with van der Waals surface area (Å²) in [5.74, 6) is -102. The summed E-state index contributed by atoms with van der Waals surface area (Å²) in [4.78, 5) is 0. The van der Waals surface area contributed by atoms with Gasteiger partial charge in [0.25, 0.3) is 0 Å². The second-order valence-electron chi connectivity index (χ2n) is 16.4. The molecular formula is C46H16BF28Si-. The predicted molar refractivity (Wildman–Crippen MR) is 217 cm³/mol. The van der Waals surface area contributed by atoms with E-state index in [4.69, 9.17) is 0 Å². The molecule has 8 rings (SSSR count). The van der Waals surface area contributed by atoms with Crippen molar-refractivity contribution in [2.75, 3.05) is 0 Å². The molecule has 8 aromatic carbocycles. The molecule has 30 heteroatoms. The molecule has 0 atom stereocenters. The van der Waals surface area contributed by atoms with Crippen molar-refractivity contribution < 1.29 is 123 Å². The Kier molecular flexibility index (Phi) is 14.7. The van der Waals surface area contributed by atoms with Gasteiger partial charge in [0.1, 0.15) is 52.7 Å². The summed E-state index contributed by atoms with van der Waals surface area (Å²) < 4.78 is 442. The Morgan fingerprint density at radius 3 is 0.421 bits per heavy atom. The van der Waals surface area contributed by atoms with E-state index in [0.29, 0.717) is 0 Å². The fourth-order valence-electron chi connectivity index (χ4n) is 9.26. The maximum Gasteiger partial charge on any atom is 0.198 e. The van der Waals surface area contributed by atoms with Crippen molar-refractivity contribution in [2.24, 2.45) is 0 Å². The number of fused-ring (bicyclic) bond motifs is 4. The first-order valence-corrected chi connectivity index (χ1v) is 23.2. The second kappa shape index (κ2) is 19.6. The lowest BCUT2D eigenvalue weighted by Crippen LogP contribution is -2.80. The van der Waals surface area contributed by atoms with Crippen LogP contribution in [0.25, 0.3) is 43.1 Å². The van der Waals surface area contributed by atoms with Crippen molar-refractivity contribution in [1.82, 2.24) is 0 Å². The van der Waals surface area contributed by atoms with Crippen molar-refractivity contribution >= 4 is 79.9 Å². The number of halogens is 28. The van der Waals surface area contributed by atoms with Crippen LogP contribution in [-0.4, -0.2) is 14.9 Å². The first-order chi connectivity index (χ1) is 35.3. The summed E-state index contributed by atoms with van der Waals surface area (Å²) in [6.07, 6.45) is -7.99. The Balaban J connectivity index is 0.00000112. The van der Waals surface area contributed by atoms with Gasteiger partial charge in [0.05, 0.1) is 43.1 Å². The Bertz CT molecular complexity index is 3400. The van der Waals surface area contributed by atoms with Gasteiger partial charge in [-0.15, -0.1) is 21.9 Å². The van der Waals surface area contributed by atoms with Crippen molar-refractivity contribution in [3.8, 4) is 0 Å². The molecule has 0 heterocycles. The van der Waals surface area contributed by atoms with E-state index in [1.54, 1.807) is 0 Å². The molecule has 0 unspecified atom stereocenters. The molecule has 0 saturated carbocycles. The van der Waals surface area contributed by atoms with E-state index in [1.165, 1.54) is 18.1 Å². The van der Waals surface area contributed by atoms with Crippen LogP contribution in [0.1, 0.15) is 20.8 Å². The van der Waals surface area contributed by atoms with Crippen LogP contribution >= 0.6 is 0 Å². The average molecular weight is 1140 g/mol. The lowest BCUT2D eigenvalue weighted by molar-refractivity contribution is 0.412. The minimum atomic E-state index is -7.99. The van der Waals surface area contributed by atoms with Crippen molar-refractivity contribution in [3.05, 3.63) is 163 Å². The zero-order valence-electron chi connectivity index (χ0n) is 36.9. The molecule has 0 saturated heterocycles. The quantitative estimate of drug-likeness (QED) is 0.0646. The number of rotatable bonds is 7. The van der Waals surface area contributed by atoms with Gasteiger partial charge in [-0.3, -0.25) is 0 Å². The molecule has 0 aliphatic carbocycles. The summed E-state index contributed by atoms with van der Waals surface area (Å²) >= 11 is 0. The summed E-state index contributed by atoms with van der Waals surface area (Å²) in [6, 6.07) is 4.48. The molecule has 8 aromatic rings. The molecule has 0 radical (unpaired) electrons. The lowest BCUT2D eigenvalue weighted by atomic mass is 9.12. The Labute approximate surface area is 404 Å². The van der Waals surface area contributed by atoms with E-state index in [9.17, 15) is 35.1 Å². The minimum absolute atomic E-state index is 0.171. The van der Waals surface area contributed by atoms with E-state index in [-0.39, 0.29) is 8.80 Å². The van der Waals surface area contributed by atoms with Crippen LogP contribution in [0.2, 0.25) is 18.1 Å². The zero-order valence-corrected chi connectivity index (χ0v) is 38.0. The second-order valence-corrected chi connectivity index (χ2v) is 20.6. The Morgan fingerprint density at radius 2 is 0.303 bits per heavy atom. The van der Waals surface area contributed by atoms with E-state index < -0.39 is 234 Å². The molecule has 404 valence electrons. The summed E-state index contributed by atoms with van der Waals surface area (Å²) in [5, 5.41) is -25.0. The smallest absolute Gasteiger partial charge is 0.198 e. The monoisotopic (exact) mass is 1140 g/mol. The average Bonchev–Trinajstić information content (AvgIpc) is 3.38. The van der Waals surface area contributed by atoms with Gasteiger partial charge in [-0.25, -0.2) is 123 Å². The van der Waals surface area contributed by atoms with Crippen molar-refractivity contribution in [3.63, 3.8) is 0 Å². The highest BCUT2D eigenvalue weighted by Gasteiger charge is 2.52. The van der Waals surface area contributed by atoms with Crippen LogP contribution in [0.3, 0.4) is 0 Å². The number of hydrogen-bond acceptors (Lipinski definition) is 0. The van der Waals surface area contributed by atoms with Crippen molar-refractivity contribution in [1.29, 1.82) is 0 Å². The molecule has 0 amide bonds. The van der Waals surface area contributed by atoms with E-state index in [0.717, 1.165) is 0 Å². The molecule has 0 nitrogen and oxygen atoms in total. The van der Waals surface area contributed by atoms with Gasteiger partial charge in [0.2, 0.25) is 0 Å². The zero-order chi connectivity index (χ0) is 57.3. The predicted octanol–water partition coefficient (Wildman–Crippen LogP) is 13.8. The van der Waals surface area contributed by atoms with Crippen LogP contribution < -0.4 is 21.9 Å². The fraction of sp³-hybridized carbons (Fsp3) is 0.130. The normalized spacial score (nSPS) is 12.2. The van der Waals surface area contributed by atoms with Gasteiger partial charge in [-0.2, -0.15) is 0 Å². The molecule has 0 aromatic heterocycles. The summed E-state index contributed by atoms with van der Waals surface area (Å²) in [5.41, 5.74) is -15.9. The fourth-order valence-corrected chi connectivity index (χ4v) is 11.0. The highest BCUT2D eigenvalue weighted by molar-refractivity contribution is 7.20. The van der Waals surface area contributed by atoms with Crippen LogP contribution in [0.5, 0.6) is 0 Å². The molecule has 0 fully saturated rings. The van der Waals surface area contributed by atoms with Crippen LogP contribution in [0, 0.1) is 163 Å². The summed E-state index contributed by atoms with van der Waals surface area (Å²) in [7, 11) is -0.171. The van der Waals surface area contributed by atoms with Crippen LogP contribution in [0.15, 0.2) is 0 Å². The van der Waals surface area contributed by atoms with E-state index in [1.807, 2.05) is 0 Å². The topological polar surface area (TPSA) is 0 Å². The van der Waals surface area contributed by atoms with Gasteiger partial charge in [0.15, 0.2) is 116 Å². The molecule has 0 aliphatic heterocycles. The Morgan fingerprint density at radius 1 is 0.184 bits per heavy atom. The third kappa shape index (κ3) is 7.40. The lowest BCUT2D eigenvalue weighted by Gasteiger charge is -2.45. The molecule has 0 aliphatic rings. The first kappa shape index (κ1) is 56.8. The number of benzene rings is 8. The SMILES string of the molecule is CC[SiH](CC)CC.Fc1c(F)c(F)c2c(F)c([B-](c3c(F)c(F)c4c(F)c(F)c(F)c(F)c4c3F)(c3c(F)c(F)c4c(F)c(F)c(F)c(F)c4c3F)c3c(F)c(F)c4c(F)c(F)c(F)c(F)c4c3F)c(F)c(F)c2c1F. The van der Waals surface area contributed by atoms with Gasteiger partial charge >= 0.3 is 0 Å². The maximum absolute atomic E-state index is 17.4. The Hall–Kier alpha value is -6.88. The van der Waals surface area contributed by atoms with Gasteiger partial charge < -0.3 is 0 Å². The third-order valence-electron chi connectivity index (χ3n) is 13.0. The van der Waals surface area contributed by atoms with E-state index in [2.05, 4.69) is 20.8 Å². The number of hydrogen-bond donors (Lipinski definition) is 0. The first-order valence-electron chi connectivity index (χ1n) is 20.8. The molecule has 0 N–H and O–H groups in total. The molecule has 0 spiro atoms. The van der Waals surface area contributed by atoms with Crippen LogP contribution in [-0.2, 0) is 0 Å². The minimum Gasteiger partial charge on any atom is -0.210 e. The summed E-state index contributed by atoms with van der Waals surface area (Å²) in [6.45, 7) is 6.97. The highest BCUT2D eigenvalue weighted by Crippen LogP contribution is 2.41. The molecular weight excluding hydrogens is 1120 g/mol. The third-order valence-corrected chi connectivity index (χ3v) is 16.4. The maximum atomic E-state index is 17.4. The van der Waals surface area contributed by atoms with Gasteiger partial charge in [-0.1, -0.05) is 38.9 Å². The van der Waals surface area contributed by atoms with Crippen molar-refractivity contribution in [2.45, 2.75) is 38.9 Å². The van der Waals surface area contributed by atoms with Gasteiger partial charge in [0, 0.05) is 8.80 Å². The van der Waals surface area contributed by atoms with E-state index >= 15 is 87.8 Å². The molecule has 76 heavy (non-hydrogen) atoms.